The van der Waals surface area contributed by atoms with Crippen molar-refractivity contribution in [1.82, 2.24) is 20.2 Å². The van der Waals surface area contributed by atoms with Gasteiger partial charge in [-0.15, -0.1) is 0 Å². The minimum Gasteiger partial charge on any atom is -0.368 e. The lowest BCUT2D eigenvalue weighted by molar-refractivity contribution is -0.123. The highest BCUT2D eigenvalue weighted by atomic mass is 16.2. The fraction of sp³-hybridized carbons (Fsp3) is 0.737. The molecule has 2 heterocycles. The van der Waals surface area contributed by atoms with Gasteiger partial charge in [-0.2, -0.15) is 0 Å². The topological polar surface area (TPSA) is 84.1 Å². The Hall–Kier alpha value is -1.69. The van der Waals surface area contributed by atoms with E-state index in [1.807, 2.05) is 0 Å². The van der Waals surface area contributed by atoms with E-state index >= 15 is 0 Å². The maximum Gasteiger partial charge on any atom is 0.224 e. The number of amides is 1. The first kappa shape index (κ1) is 18.1. The normalized spacial score (nSPS) is 23.4. The van der Waals surface area contributed by atoms with Crippen molar-refractivity contribution in [3.05, 3.63) is 18.0 Å². The zero-order chi connectivity index (χ0) is 18.2. The summed E-state index contributed by atoms with van der Waals surface area (Å²) in [5, 5.41) is 3.20. The predicted octanol–water partition coefficient (Wildman–Crippen LogP) is 2.07. The molecule has 0 spiro atoms. The summed E-state index contributed by atoms with van der Waals surface area (Å²) in [5.41, 5.74) is 6.85. The number of aromatic nitrogens is 2. The molecule has 1 amide bonds. The molecule has 0 atom stereocenters. The highest BCUT2D eigenvalue weighted by Gasteiger charge is 2.68. The van der Waals surface area contributed by atoms with Crippen LogP contribution >= 0.6 is 0 Å². The van der Waals surface area contributed by atoms with Gasteiger partial charge in [-0.1, -0.05) is 27.7 Å². The number of nitrogens with one attached hydrogen (secondary N) is 1. The molecule has 2 fully saturated rings. The number of carbonyl (C=O) groups excluding carboxylic acids is 1. The quantitative estimate of drug-likeness (QED) is 0.853. The van der Waals surface area contributed by atoms with Gasteiger partial charge >= 0.3 is 0 Å². The number of likely N-dealkylation sites (tertiary alicyclic amines) is 1. The number of piperidine rings is 1. The Morgan fingerprint density at radius 1 is 1.20 bits per heavy atom. The summed E-state index contributed by atoms with van der Waals surface area (Å²) >= 11 is 0. The first-order chi connectivity index (χ1) is 11.7. The van der Waals surface area contributed by atoms with E-state index in [0.717, 1.165) is 44.6 Å². The zero-order valence-corrected chi connectivity index (χ0v) is 15.9. The molecule has 6 heteroatoms. The SMILES string of the molecule is CC1(C)C(C(=O)NCC2CCN(Cc3cnc(N)nc3)CC2)C1(C)C. The molecule has 6 nitrogen and oxygen atoms in total. The van der Waals surface area contributed by atoms with Crippen molar-refractivity contribution < 1.29 is 4.79 Å². The zero-order valence-electron chi connectivity index (χ0n) is 15.9. The van der Waals surface area contributed by atoms with Crippen LogP contribution in [-0.4, -0.2) is 40.4 Å². The molecule has 0 bridgehead atoms. The number of hydrogen-bond acceptors (Lipinski definition) is 5. The van der Waals surface area contributed by atoms with Crippen LogP contribution in [0.1, 0.15) is 46.1 Å². The minimum atomic E-state index is 0.113. The second kappa shape index (κ2) is 6.56. The summed E-state index contributed by atoms with van der Waals surface area (Å²) in [4.78, 5) is 23.0. The number of rotatable bonds is 5. The average molecular weight is 345 g/mol. The summed E-state index contributed by atoms with van der Waals surface area (Å²) in [5.74, 6) is 1.27. The molecule has 3 rings (SSSR count). The van der Waals surface area contributed by atoms with Crippen molar-refractivity contribution in [2.24, 2.45) is 22.7 Å². The highest BCUT2D eigenvalue weighted by molar-refractivity contribution is 5.84. The molecule has 0 unspecified atom stereocenters. The molecule has 1 aliphatic heterocycles. The number of nitrogens with two attached hydrogens (primary N) is 1. The second-order valence-corrected chi connectivity index (χ2v) is 8.79. The lowest BCUT2D eigenvalue weighted by Gasteiger charge is -2.32. The molecule has 0 radical (unpaired) electrons. The van der Waals surface area contributed by atoms with Crippen LogP contribution in [0.4, 0.5) is 5.95 Å². The Morgan fingerprint density at radius 2 is 1.76 bits per heavy atom. The minimum absolute atomic E-state index is 0.113. The summed E-state index contributed by atoms with van der Waals surface area (Å²) in [6.07, 6.45) is 5.84. The Labute approximate surface area is 150 Å². The van der Waals surface area contributed by atoms with E-state index < -0.39 is 0 Å². The third-order valence-electron chi connectivity index (χ3n) is 6.69. The molecular formula is C19H31N5O. The van der Waals surface area contributed by atoms with Crippen molar-refractivity contribution in [2.75, 3.05) is 25.4 Å². The molecular weight excluding hydrogens is 314 g/mol. The van der Waals surface area contributed by atoms with Crippen LogP contribution in [0.2, 0.25) is 0 Å². The smallest absolute Gasteiger partial charge is 0.224 e. The molecule has 1 saturated heterocycles. The number of hydrogen-bond donors (Lipinski definition) is 2. The molecule has 2 aliphatic rings. The van der Waals surface area contributed by atoms with Crippen LogP contribution in [0.3, 0.4) is 0 Å². The molecule has 1 aromatic heterocycles. The predicted molar refractivity (Wildman–Crippen MR) is 98.5 cm³/mol. The van der Waals surface area contributed by atoms with Gasteiger partial charge in [0.1, 0.15) is 0 Å². The maximum atomic E-state index is 12.5. The van der Waals surface area contributed by atoms with Crippen molar-refractivity contribution >= 4 is 11.9 Å². The van der Waals surface area contributed by atoms with Crippen LogP contribution in [0, 0.1) is 22.7 Å². The third-order valence-corrected chi connectivity index (χ3v) is 6.69. The molecule has 1 aliphatic carbocycles. The fourth-order valence-corrected chi connectivity index (χ4v) is 4.25. The van der Waals surface area contributed by atoms with E-state index in [-0.39, 0.29) is 22.7 Å². The Balaban J connectivity index is 1.40. The number of nitrogen functional groups attached to an aromatic ring is 1. The van der Waals surface area contributed by atoms with Gasteiger partial charge in [-0.3, -0.25) is 9.69 Å². The maximum absolute atomic E-state index is 12.5. The van der Waals surface area contributed by atoms with Crippen molar-refractivity contribution in [2.45, 2.75) is 47.1 Å². The fourth-order valence-electron chi connectivity index (χ4n) is 4.25. The Kier molecular flexibility index (Phi) is 4.75. The lowest BCUT2D eigenvalue weighted by Crippen LogP contribution is -2.39. The van der Waals surface area contributed by atoms with Gasteiger partial charge in [0.2, 0.25) is 11.9 Å². The first-order valence-electron chi connectivity index (χ1n) is 9.28. The highest BCUT2D eigenvalue weighted by Crippen LogP contribution is 2.68. The van der Waals surface area contributed by atoms with Crippen LogP contribution in [0.25, 0.3) is 0 Å². The van der Waals surface area contributed by atoms with Gasteiger partial charge in [-0.25, -0.2) is 9.97 Å². The summed E-state index contributed by atoms with van der Waals surface area (Å²) < 4.78 is 0. The van der Waals surface area contributed by atoms with Gasteiger partial charge < -0.3 is 11.1 Å². The van der Waals surface area contributed by atoms with Gasteiger partial charge in [-0.05, 0) is 42.7 Å². The standard InChI is InChI=1S/C19H31N5O/c1-18(2)15(19(18,3)4)16(25)21-9-13-5-7-24(8-6-13)12-14-10-22-17(20)23-11-14/h10-11,13,15H,5-9,12H2,1-4H3,(H,21,25)(H2,20,22,23). The number of carbonyl (C=O) groups is 1. The molecule has 25 heavy (non-hydrogen) atoms. The van der Waals surface area contributed by atoms with Gasteiger partial charge in [0.25, 0.3) is 0 Å². The van der Waals surface area contributed by atoms with Crippen molar-refractivity contribution in [3.63, 3.8) is 0 Å². The molecule has 1 saturated carbocycles. The summed E-state index contributed by atoms with van der Waals surface area (Å²) in [6, 6.07) is 0. The van der Waals surface area contributed by atoms with Crippen LogP contribution < -0.4 is 11.1 Å². The molecule has 3 N–H and O–H groups in total. The van der Waals surface area contributed by atoms with E-state index in [9.17, 15) is 4.79 Å². The van der Waals surface area contributed by atoms with E-state index in [1.54, 1.807) is 12.4 Å². The molecule has 0 aromatic carbocycles. The van der Waals surface area contributed by atoms with E-state index in [2.05, 4.69) is 47.9 Å². The third kappa shape index (κ3) is 3.64. The van der Waals surface area contributed by atoms with Crippen LogP contribution in [-0.2, 0) is 11.3 Å². The van der Waals surface area contributed by atoms with Crippen molar-refractivity contribution in [1.29, 1.82) is 0 Å². The van der Waals surface area contributed by atoms with E-state index in [1.165, 1.54) is 0 Å². The monoisotopic (exact) mass is 345 g/mol. The second-order valence-electron chi connectivity index (χ2n) is 8.79. The van der Waals surface area contributed by atoms with Gasteiger partial charge in [0.15, 0.2) is 0 Å². The Bertz CT molecular complexity index is 603. The molecule has 138 valence electrons. The van der Waals surface area contributed by atoms with E-state index in [0.29, 0.717) is 11.9 Å². The van der Waals surface area contributed by atoms with E-state index in [4.69, 9.17) is 5.73 Å². The largest absolute Gasteiger partial charge is 0.368 e. The van der Waals surface area contributed by atoms with Crippen LogP contribution in [0.15, 0.2) is 12.4 Å². The van der Waals surface area contributed by atoms with Crippen molar-refractivity contribution in [3.8, 4) is 0 Å². The van der Waals surface area contributed by atoms with Gasteiger partial charge in [0, 0.05) is 37.0 Å². The first-order valence-corrected chi connectivity index (χ1v) is 9.28. The Morgan fingerprint density at radius 3 is 2.28 bits per heavy atom. The number of anilines is 1. The summed E-state index contributed by atoms with van der Waals surface area (Å²) in [7, 11) is 0. The average Bonchev–Trinajstić information content (AvgIpc) is 2.98. The lowest BCUT2D eigenvalue weighted by atomic mass is 9.96. The summed E-state index contributed by atoms with van der Waals surface area (Å²) in [6.45, 7) is 12.5. The van der Waals surface area contributed by atoms with Crippen LogP contribution in [0.5, 0.6) is 0 Å². The molecule has 1 aromatic rings. The van der Waals surface area contributed by atoms with Gasteiger partial charge in [0.05, 0.1) is 0 Å². The number of nitrogens with zero attached hydrogens (tertiary/aromatic N) is 3.